The molecular formula is C29H29N3O3. The largest absolute Gasteiger partial charge is 0.507 e. The lowest BCUT2D eigenvalue weighted by atomic mass is 9.93. The minimum Gasteiger partial charge on any atom is -0.507 e. The van der Waals surface area contributed by atoms with Crippen molar-refractivity contribution in [1.82, 2.24) is 15.1 Å². The number of ether oxygens (including phenoxy) is 1. The van der Waals surface area contributed by atoms with Crippen molar-refractivity contribution in [3.05, 3.63) is 99.7 Å². The molecule has 0 fully saturated rings. The molecule has 6 heteroatoms. The Kier molecular flexibility index (Phi) is 5.81. The van der Waals surface area contributed by atoms with Gasteiger partial charge in [0.1, 0.15) is 22.9 Å². The molecule has 0 radical (unpaired) electrons. The number of fused-ring (bicyclic) bond motifs is 1. The molecular weight excluding hydrogens is 438 g/mol. The van der Waals surface area contributed by atoms with Crippen LogP contribution in [0.15, 0.2) is 60.7 Å². The van der Waals surface area contributed by atoms with E-state index >= 15 is 0 Å². The first-order valence-corrected chi connectivity index (χ1v) is 11.9. The van der Waals surface area contributed by atoms with Gasteiger partial charge in [-0.05, 0) is 68.1 Å². The molecule has 4 aromatic rings. The van der Waals surface area contributed by atoms with Gasteiger partial charge in [-0.15, -0.1) is 0 Å². The number of aryl methyl sites for hydroxylation is 3. The third kappa shape index (κ3) is 4.05. The van der Waals surface area contributed by atoms with Gasteiger partial charge in [0.25, 0.3) is 5.91 Å². The monoisotopic (exact) mass is 467 g/mol. The third-order valence-corrected chi connectivity index (χ3v) is 6.54. The van der Waals surface area contributed by atoms with Gasteiger partial charge in [0.15, 0.2) is 0 Å². The van der Waals surface area contributed by atoms with Crippen LogP contribution in [0.1, 0.15) is 56.8 Å². The number of hydrogen-bond acceptors (Lipinski definition) is 4. The van der Waals surface area contributed by atoms with Gasteiger partial charge in [-0.3, -0.25) is 9.89 Å². The molecule has 1 aliphatic rings. The molecule has 6 nitrogen and oxygen atoms in total. The predicted octanol–water partition coefficient (Wildman–Crippen LogP) is 5.85. The number of H-pyrrole nitrogens is 1. The SMILES string of the molecule is CCOc1ccc(C2c3c(-c4c(C)cc(C)cc4O)n[nH]c3C(=O)N2Cc2ccc(C)cc2)cc1. The Morgan fingerprint density at radius 1 is 1.00 bits per heavy atom. The number of amides is 1. The number of nitrogens with zero attached hydrogens (tertiary/aromatic N) is 2. The molecule has 0 bridgehead atoms. The van der Waals surface area contributed by atoms with Gasteiger partial charge in [-0.2, -0.15) is 5.10 Å². The molecule has 2 N–H and O–H groups in total. The zero-order chi connectivity index (χ0) is 24.7. The van der Waals surface area contributed by atoms with Crippen LogP contribution in [0.4, 0.5) is 0 Å². The smallest absolute Gasteiger partial charge is 0.273 e. The lowest BCUT2D eigenvalue weighted by molar-refractivity contribution is 0.0730. The number of aromatic hydroxyl groups is 1. The highest BCUT2D eigenvalue weighted by molar-refractivity contribution is 6.00. The van der Waals surface area contributed by atoms with Crippen molar-refractivity contribution in [1.29, 1.82) is 0 Å². The summed E-state index contributed by atoms with van der Waals surface area (Å²) in [5.74, 6) is 0.833. The first kappa shape index (κ1) is 22.7. The number of benzene rings is 3. The molecule has 2 heterocycles. The maximum atomic E-state index is 13.7. The zero-order valence-electron chi connectivity index (χ0n) is 20.4. The Morgan fingerprint density at radius 2 is 1.71 bits per heavy atom. The van der Waals surface area contributed by atoms with Crippen molar-refractivity contribution >= 4 is 5.91 Å². The molecule has 0 spiro atoms. The number of carbonyl (C=O) groups is 1. The summed E-state index contributed by atoms with van der Waals surface area (Å²) >= 11 is 0. The van der Waals surface area contributed by atoms with Gasteiger partial charge < -0.3 is 14.7 Å². The number of aromatic amines is 1. The van der Waals surface area contributed by atoms with Crippen LogP contribution in [-0.4, -0.2) is 32.7 Å². The van der Waals surface area contributed by atoms with E-state index in [2.05, 4.69) is 34.5 Å². The molecule has 5 rings (SSSR count). The highest BCUT2D eigenvalue weighted by Gasteiger charge is 2.42. The second-order valence-electron chi connectivity index (χ2n) is 9.16. The van der Waals surface area contributed by atoms with Crippen LogP contribution in [0.25, 0.3) is 11.3 Å². The van der Waals surface area contributed by atoms with Crippen LogP contribution >= 0.6 is 0 Å². The molecule has 0 saturated heterocycles. The van der Waals surface area contributed by atoms with Crippen LogP contribution in [0, 0.1) is 20.8 Å². The fourth-order valence-electron chi connectivity index (χ4n) is 4.95. The summed E-state index contributed by atoms with van der Waals surface area (Å²) in [4.78, 5) is 15.5. The van der Waals surface area contributed by atoms with Gasteiger partial charge in [0.05, 0.1) is 12.6 Å². The minimum absolute atomic E-state index is 0.109. The van der Waals surface area contributed by atoms with Crippen molar-refractivity contribution in [2.45, 2.75) is 40.3 Å². The average Bonchev–Trinajstić information content (AvgIpc) is 3.35. The van der Waals surface area contributed by atoms with Crippen molar-refractivity contribution in [2.75, 3.05) is 6.61 Å². The van der Waals surface area contributed by atoms with E-state index < -0.39 is 0 Å². The lowest BCUT2D eigenvalue weighted by Crippen LogP contribution is -2.29. The van der Waals surface area contributed by atoms with Crippen molar-refractivity contribution in [2.24, 2.45) is 0 Å². The Labute approximate surface area is 205 Å². The summed E-state index contributed by atoms with van der Waals surface area (Å²) in [6.07, 6.45) is 0. The summed E-state index contributed by atoms with van der Waals surface area (Å²) < 4.78 is 5.64. The number of carbonyl (C=O) groups excluding carboxylic acids is 1. The number of nitrogens with one attached hydrogen (secondary N) is 1. The predicted molar refractivity (Wildman–Crippen MR) is 136 cm³/mol. The van der Waals surface area contributed by atoms with Crippen LogP contribution in [0.2, 0.25) is 0 Å². The minimum atomic E-state index is -0.358. The molecule has 1 atom stereocenters. The maximum absolute atomic E-state index is 13.7. The van der Waals surface area contributed by atoms with Gasteiger partial charge in [-0.25, -0.2) is 0 Å². The fraction of sp³-hybridized carbons (Fsp3) is 0.241. The quantitative estimate of drug-likeness (QED) is 0.373. The second-order valence-corrected chi connectivity index (χ2v) is 9.16. The summed E-state index contributed by atoms with van der Waals surface area (Å²) in [6, 6.07) is 19.5. The number of phenols is 1. The first-order chi connectivity index (χ1) is 16.9. The molecule has 3 aromatic carbocycles. The number of aromatic nitrogens is 2. The Balaban J connectivity index is 1.65. The first-order valence-electron chi connectivity index (χ1n) is 11.9. The van der Waals surface area contributed by atoms with E-state index in [0.29, 0.717) is 30.1 Å². The highest BCUT2D eigenvalue weighted by Crippen LogP contribution is 2.46. The molecule has 1 aliphatic heterocycles. The topological polar surface area (TPSA) is 78.5 Å². The van der Waals surface area contributed by atoms with Crippen LogP contribution in [0.5, 0.6) is 11.5 Å². The van der Waals surface area contributed by atoms with E-state index in [1.165, 1.54) is 5.56 Å². The molecule has 1 aromatic heterocycles. The molecule has 0 aliphatic carbocycles. The van der Waals surface area contributed by atoms with Crippen molar-refractivity contribution in [3.63, 3.8) is 0 Å². The summed E-state index contributed by atoms with van der Waals surface area (Å²) in [6.45, 7) is 8.94. The van der Waals surface area contributed by atoms with Crippen molar-refractivity contribution in [3.8, 4) is 22.8 Å². The zero-order valence-corrected chi connectivity index (χ0v) is 20.4. The van der Waals surface area contributed by atoms with Crippen LogP contribution < -0.4 is 4.74 Å². The van der Waals surface area contributed by atoms with E-state index in [0.717, 1.165) is 33.6 Å². The third-order valence-electron chi connectivity index (χ3n) is 6.54. The van der Waals surface area contributed by atoms with Gasteiger partial charge in [0.2, 0.25) is 0 Å². The van der Waals surface area contributed by atoms with Gasteiger partial charge >= 0.3 is 0 Å². The van der Waals surface area contributed by atoms with Gasteiger partial charge in [0, 0.05) is 17.7 Å². The lowest BCUT2D eigenvalue weighted by Gasteiger charge is -2.27. The Morgan fingerprint density at radius 3 is 2.37 bits per heavy atom. The number of hydrogen-bond donors (Lipinski definition) is 2. The normalized spacial score (nSPS) is 14.9. The average molecular weight is 468 g/mol. The van der Waals surface area contributed by atoms with Crippen LogP contribution in [0.3, 0.4) is 0 Å². The van der Waals surface area contributed by atoms with E-state index in [-0.39, 0.29) is 17.7 Å². The summed E-state index contributed by atoms with van der Waals surface area (Å²) in [5.41, 5.74) is 7.56. The standard InChI is InChI=1S/C29H29N3O3/c1-5-35-22-12-10-21(11-13-22)28-25-26(24-19(4)14-18(3)15-23(24)33)30-31-27(25)29(34)32(28)16-20-8-6-17(2)7-9-20/h6-15,28,33H,5,16H2,1-4H3,(H,30,31). The number of rotatable bonds is 6. The molecule has 178 valence electrons. The van der Waals surface area contributed by atoms with Gasteiger partial charge in [-0.1, -0.05) is 48.0 Å². The summed E-state index contributed by atoms with van der Waals surface area (Å²) in [5, 5.41) is 18.4. The Hall–Kier alpha value is -4.06. The maximum Gasteiger partial charge on any atom is 0.273 e. The van der Waals surface area contributed by atoms with E-state index in [9.17, 15) is 9.90 Å². The number of phenolic OH excluding ortho intramolecular Hbond substituents is 1. The molecule has 0 saturated carbocycles. The van der Waals surface area contributed by atoms with Crippen molar-refractivity contribution < 1.29 is 14.6 Å². The molecule has 1 unspecified atom stereocenters. The molecule has 35 heavy (non-hydrogen) atoms. The Bertz CT molecular complexity index is 1360. The highest BCUT2D eigenvalue weighted by atomic mass is 16.5. The van der Waals surface area contributed by atoms with E-state index in [1.807, 2.05) is 62.9 Å². The molecule has 1 amide bonds. The van der Waals surface area contributed by atoms with Crippen LogP contribution in [-0.2, 0) is 6.54 Å². The van der Waals surface area contributed by atoms with E-state index in [4.69, 9.17) is 4.74 Å². The second kappa shape index (κ2) is 8.95. The summed E-state index contributed by atoms with van der Waals surface area (Å²) in [7, 11) is 0. The fourth-order valence-corrected chi connectivity index (χ4v) is 4.95. The van der Waals surface area contributed by atoms with E-state index in [1.54, 1.807) is 6.07 Å².